The van der Waals surface area contributed by atoms with Gasteiger partial charge in [0.1, 0.15) is 11.2 Å². The topological polar surface area (TPSA) is 21.3 Å². The Kier molecular flexibility index (Phi) is 7.54. The van der Waals surface area contributed by atoms with Crippen LogP contribution in [0.2, 0.25) is 0 Å². The zero-order valence-electron chi connectivity index (χ0n) is 32.1. The van der Waals surface area contributed by atoms with Crippen molar-refractivity contribution < 1.29 is 4.42 Å². The number of aromatic nitrogens is 1. The monoisotopic (exact) mass is 752 g/mol. The lowest BCUT2D eigenvalue weighted by Gasteiger charge is -2.28. The van der Waals surface area contributed by atoms with Crippen LogP contribution in [0.5, 0.6) is 0 Å². The van der Waals surface area contributed by atoms with Crippen LogP contribution in [0.15, 0.2) is 223 Å². The fourth-order valence-electron chi connectivity index (χ4n) is 9.15. The summed E-state index contributed by atoms with van der Waals surface area (Å²) < 4.78 is 8.57. The van der Waals surface area contributed by atoms with Crippen LogP contribution in [0.3, 0.4) is 0 Å². The highest BCUT2D eigenvalue weighted by molar-refractivity contribution is 6.12. The normalized spacial score (nSPS) is 11.7. The fourth-order valence-corrected chi connectivity index (χ4v) is 9.15. The summed E-state index contributed by atoms with van der Waals surface area (Å²) in [6.07, 6.45) is 0. The number of benzene rings is 10. The molecule has 3 heteroatoms. The van der Waals surface area contributed by atoms with Crippen molar-refractivity contribution in [3.05, 3.63) is 218 Å². The summed E-state index contributed by atoms with van der Waals surface area (Å²) >= 11 is 0. The van der Waals surface area contributed by atoms with Crippen LogP contribution in [0.25, 0.3) is 93.2 Å². The van der Waals surface area contributed by atoms with E-state index in [9.17, 15) is 0 Å². The van der Waals surface area contributed by atoms with Gasteiger partial charge in [-0.05, 0) is 106 Å². The number of hydrogen-bond acceptors (Lipinski definition) is 2. The van der Waals surface area contributed by atoms with E-state index in [0.717, 1.165) is 55.8 Å². The van der Waals surface area contributed by atoms with Crippen LogP contribution in [0.4, 0.5) is 17.1 Å². The molecule has 12 rings (SSSR count). The van der Waals surface area contributed by atoms with Gasteiger partial charge in [0.25, 0.3) is 0 Å². The van der Waals surface area contributed by atoms with Crippen molar-refractivity contribution in [2.24, 2.45) is 0 Å². The summed E-state index contributed by atoms with van der Waals surface area (Å²) in [5, 5.41) is 9.62. The van der Waals surface area contributed by atoms with Crippen LogP contribution in [0, 0.1) is 0 Å². The molecule has 0 aliphatic carbocycles. The first-order valence-corrected chi connectivity index (χ1v) is 20.2. The van der Waals surface area contributed by atoms with E-state index in [2.05, 4.69) is 216 Å². The lowest BCUT2D eigenvalue weighted by Crippen LogP contribution is -2.11. The van der Waals surface area contributed by atoms with Gasteiger partial charge in [0.2, 0.25) is 0 Å². The Morgan fingerprint density at radius 3 is 1.53 bits per heavy atom. The van der Waals surface area contributed by atoms with Crippen molar-refractivity contribution in [1.29, 1.82) is 0 Å². The number of nitrogens with zero attached hydrogens (tertiary/aromatic N) is 2. The van der Waals surface area contributed by atoms with Gasteiger partial charge in [-0.15, -0.1) is 0 Å². The maximum atomic E-state index is 6.15. The molecule has 0 saturated heterocycles. The molecule has 0 radical (unpaired) electrons. The molecule has 0 spiro atoms. The third-order valence-electron chi connectivity index (χ3n) is 12.0. The molecule has 59 heavy (non-hydrogen) atoms. The quantitative estimate of drug-likeness (QED) is 0.169. The third kappa shape index (κ3) is 5.44. The minimum Gasteiger partial charge on any atom is -0.456 e. The van der Waals surface area contributed by atoms with Gasteiger partial charge in [-0.3, -0.25) is 0 Å². The van der Waals surface area contributed by atoms with E-state index in [4.69, 9.17) is 4.42 Å². The van der Waals surface area contributed by atoms with E-state index in [0.29, 0.717) is 0 Å². The van der Waals surface area contributed by atoms with E-state index in [1.54, 1.807) is 0 Å². The molecule has 10 aromatic carbocycles. The smallest absolute Gasteiger partial charge is 0.135 e. The lowest BCUT2D eigenvalue weighted by molar-refractivity contribution is 0.669. The highest BCUT2D eigenvalue weighted by Crippen LogP contribution is 2.44. The second-order valence-electron chi connectivity index (χ2n) is 15.3. The molecule has 3 nitrogen and oxygen atoms in total. The third-order valence-corrected chi connectivity index (χ3v) is 12.0. The van der Waals surface area contributed by atoms with Gasteiger partial charge in [0, 0.05) is 43.7 Å². The molecule has 2 heterocycles. The van der Waals surface area contributed by atoms with Crippen molar-refractivity contribution in [3.63, 3.8) is 0 Å². The van der Waals surface area contributed by atoms with Crippen LogP contribution < -0.4 is 4.90 Å². The van der Waals surface area contributed by atoms with Crippen LogP contribution >= 0.6 is 0 Å². The van der Waals surface area contributed by atoms with E-state index >= 15 is 0 Å². The lowest BCUT2D eigenvalue weighted by atomic mass is 10.00. The summed E-state index contributed by atoms with van der Waals surface area (Å²) in [4.78, 5) is 2.40. The minimum absolute atomic E-state index is 0.904. The van der Waals surface area contributed by atoms with Gasteiger partial charge in [-0.25, -0.2) is 0 Å². The Hall–Kier alpha value is -7.88. The first-order valence-electron chi connectivity index (χ1n) is 20.2. The second kappa shape index (κ2) is 13.4. The maximum absolute atomic E-state index is 6.15. The molecule has 0 fully saturated rings. The zero-order chi connectivity index (χ0) is 38.9. The SMILES string of the molecule is c1ccc2cc(-c3ccc(N(c4ccc(-c5ccc6oc7ccccc7c6c5)cc4)c4ccc(-n5c6ccccc6c6ccccc65)c5ccccc45)cc3)ccc2c1. The molecular weight excluding hydrogens is 717 g/mol. The minimum atomic E-state index is 0.904. The molecule has 0 saturated carbocycles. The number of hydrogen-bond donors (Lipinski definition) is 0. The predicted octanol–water partition coefficient (Wildman–Crippen LogP) is 15.8. The van der Waals surface area contributed by atoms with Crippen molar-refractivity contribution in [3.8, 4) is 27.9 Å². The van der Waals surface area contributed by atoms with Crippen LogP contribution in [-0.4, -0.2) is 4.57 Å². The summed E-state index contributed by atoms with van der Waals surface area (Å²) in [6.45, 7) is 0. The number of anilines is 3. The summed E-state index contributed by atoms with van der Waals surface area (Å²) in [5.74, 6) is 0. The number of fused-ring (bicyclic) bond motifs is 8. The largest absolute Gasteiger partial charge is 0.456 e. The Morgan fingerprint density at radius 1 is 0.322 bits per heavy atom. The first kappa shape index (κ1) is 33.3. The molecule has 0 bridgehead atoms. The zero-order valence-corrected chi connectivity index (χ0v) is 32.1. The van der Waals surface area contributed by atoms with Crippen molar-refractivity contribution in [2.75, 3.05) is 4.90 Å². The molecule has 0 N–H and O–H groups in total. The molecule has 0 aliphatic heterocycles. The van der Waals surface area contributed by atoms with Crippen molar-refractivity contribution >= 4 is 82.4 Å². The van der Waals surface area contributed by atoms with Gasteiger partial charge in [-0.1, -0.05) is 146 Å². The number of para-hydroxylation sites is 3. The Labute approximate surface area is 341 Å². The van der Waals surface area contributed by atoms with Gasteiger partial charge < -0.3 is 13.9 Å². The van der Waals surface area contributed by atoms with Gasteiger partial charge in [0.15, 0.2) is 0 Å². The standard InChI is InChI=1S/C56H36N2O/c1-2-12-40-35-41(22-21-37(40)11-1)38-23-28-43(29-24-38)57(44-30-25-39(26-31-44)42-27-34-56-50(36-42)49-17-7-10-20-55(49)59-56)53-32-33-54(48-14-4-3-13-47(48)53)58-51-18-8-5-15-45(51)46-16-6-9-19-52(46)58/h1-36H. The highest BCUT2D eigenvalue weighted by atomic mass is 16.3. The van der Waals surface area contributed by atoms with Crippen molar-refractivity contribution in [2.45, 2.75) is 0 Å². The Balaban J connectivity index is 1.01. The average molecular weight is 753 g/mol. The molecular formula is C56H36N2O. The average Bonchev–Trinajstić information content (AvgIpc) is 3.85. The molecule has 12 aromatic rings. The van der Waals surface area contributed by atoms with E-state index in [1.165, 1.54) is 54.5 Å². The number of furan rings is 1. The van der Waals surface area contributed by atoms with Crippen molar-refractivity contribution in [1.82, 2.24) is 4.57 Å². The van der Waals surface area contributed by atoms with Gasteiger partial charge in [-0.2, -0.15) is 0 Å². The molecule has 0 amide bonds. The van der Waals surface area contributed by atoms with E-state index in [1.807, 2.05) is 12.1 Å². The first-order chi connectivity index (χ1) is 29.2. The molecule has 276 valence electrons. The highest BCUT2D eigenvalue weighted by Gasteiger charge is 2.20. The molecule has 0 atom stereocenters. The van der Waals surface area contributed by atoms with E-state index < -0.39 is 0 Å². The summed E-state index contributed by atoms with van der Waals surface area (Å²) in [5.41, 5.74) is 13.3. The van der Waals surface area contributed by atoms with Gasteiger partial charge >= 0.3 is 0 Å². The number of rotatable bonds is 6. The maximum Gasteiger partial charge on any atom is 0.135 e. The predicted molar refractivity (Wildman–Crippen MR) is 249 cm³/mol. The van der Waals surface area contributed by atoms with E-state index in [-0.39, 0.29) is 0 Å². The second-order valence-corrected chi connectivity index (χ2v) is 15.3. The van der Waals surface area contributed by atoms with Crippen LogP contribution in [0.1, 0.15) is 0 Å². The Morgan fingerprint density at radius 2 is 0.831 bits per heavy atom. The Bertz CT molecular complexity index is 3500. The fraction of sp³-hybridized carbons (Fsp3) is 0. The summed E-state index contributed by atoms with van der Waals surface area (Å²) in [7, 11) is 0. The molecule has 0 aliphatic rings. The summed E-state index contributed by atoms with van der Waals surface area (Å²) in [6, 6.07) is 78.9. The molecule has 2 aromatic heterocycles. The van der Waals surface area contributed by atoms with Gasteiger partial charge in [0.05, 0.1) is 22.4 Å². The van der Waals surface area contributed by atoms with Crippen LogP contribution in [-0.2, 0) is 0 Å². The molecule has 0 unspecified atom stereocenters.